The summed E-state index contributed by atoms with van der Waals surface area (Å²) in [7, 11) is 0. The molecule has 0 aliphatic carbocycles. The van der Waals surface area contributed by atoms with Crippen molar-refractivity contribution in [2.75, 3.05) is 18.4 Å². The number of nitrogens with zero attached hydrogens (tertiary/aromatic N) is 2. The van der Waals surface area contributed by atoms with E-state index in [9.17, 15) is 14.0 Å². The Morgan fingerprint density at radius 3 is 2.84 bits per heavy atom. The van der Waals surface area contributed by atoms with Gasteiger partial charge in [-0.2, -0.15) is 0 Å². The highest BCUT2D eigenvalue weighted by molar-refractivity contribution is 7.15. The summed E-state index contributed by atoms with van der Waals surface area (Å²) in [5.41, 5.74) is 0.962. The molecule has 1 aliphatic heterocycles. The number of hydrogen-bond acceptors (Lipinski definition) is 5. The molecule has 25 heavy (non-hydrogen) atoms. The van der Waals surface area contributed by atoms with Crippen LogP contribution in [0, 0.1) is 5.82 Å². The number of aromatic nitrogens is 1. The highest BCUT2D eigenvalue weighted by Gasteiger charge is 2.31. The summed E-state index contributed by atoms with van der Waals surface area (Å²) in [6, 6.07) is 5.66. The van der Waals surface area contributed by atoms with Crippen molar-refractivity contribution in [1.82, 2.24) is 9.88 Å². The molecule has 2 heterocycles. The highest BCUT2D eigenvalue weighted by atomic mass is 32.1. The zero-order valence-electron chi connectivity index (χ0n) is 13.4. The molecule has 8 heteroatoms. The Kier molecular flexibility index (Phi) is 5.40. The lowest BCUT2D eigenvalue weighted by Gasteiger charge is -2.19. The van der Waals surface area contributed by atoms with Gasteiger partial charge in [0.2, 0.25) is 5.91 Å². The van der Waals surface area contributed by atoms with Gasteiger partial charge in [-0.1, -0.05) is 12.1 Å². The smallest absolute Gasteiger partial charge is 0.320 e. The van der Waals surface area contributed by atoms with Crippen LogP contribution >= 0.6 is 11.3 Å². The van der Waals surface area contributed by atoms with Crippen molar-refractivity contribution < 1.29 is 19.1 Å². The molecule has 0 radical (unpaired) electrons. The second kappa shape index (κ2) is 7.71. The fourth-order valence-electron chi connectivity index (χ4n) is 2.89. The zero-order valence-corrected chi connectivity index (χ0v) is 14.3. The number of anilines is 1. The van der Waals surface area contributed by atoms with Gasteiger partial charge in [0, 0.05) is 17.5 Å². The Labute approximate surface area is 148 Å². The Morgan fingerprint density at radius 2 is 2.12 bits per heavy atom. The molecule has 1 saturated heterocycles. The number of nitrogens with one attached hydrogen (secondary N) is 1. The average molecular weight is 363 g/mol. The molecule has 6 nitrogen and oxygen atoms in total. The summed E-state index contributed by atoms with van der Waals surface area (Å²) >= 11 is 1.35. The van der Waals surface area contributed by atoms with Crippen LogP contribution in [-0.2, 0) is 16.0 Å². The third-order valence-corrected chi connectivity index (χ3v) is 5.00. The summed E-state index contributed by atoms with van der Waals surface area (Å²) in [5, 5.41) is 12.3. The van der Waals surface area contributed by atoms with E-state index in [1.54, 1.807) is 23.2 Å². The molecule has 132 valence electrons. The van der Waals surface area contributed by atoms with Gasteiger partial charge in [0.15, 0.2) is 5.13 Å². The first-order valence-corrected chi connectivity index (χ1v) is 8.79. The maximum Gasteiger partial charge on any atom is 0.320 e. The number of carbonyl (C=O) groups excluding carboxylic acids is 1. The van der Waals surface area contributed by atoms with E-state index in [2.05, 4.69) is 10.3 Å². The predicted molar refractivity (Wildman–Crippen MR) is 92.2 cm³/mol. The molecule has 0 bridgehead atoms. The van der Waals surface area contributed by atoms with Crippen LogP contribution in [0.2, 0.25) is 0 Å². The Morgan fingerprint density at radius 1 is 1.36 bits per heavy atom. The molecule has 2 N–H and O–H groups in total. The molecule has 1 fully saturated rings. The second-order valence-corrected chi connectivity index (χ2v) is 7.07. The molecule has 1 aromatic heterocycles. The van der Waals surface area contributed by atoms with E-state index in [0.29, 0.717) is 24.5 Å². The fraction of sp³-hybridized carbons (Fsp3) is 0.353. The van der Waals surface area contributed by atoms with Gasteiger partial charge in [0.1, 0.15) is 11.9 Å². The molecule has 1 amide bonds. The van der Waals surface area contributed by atoms with Gasteiger partial charge in [-0.3, -0.25) is 14.5 Å². The van der Waals surface area contributed by atoms with Crippen LogP contribution in [0.15, 0.2) is 30.5 Å². The minimum absolute atomic E-state index is 0.0455. The summed E-state index contributed by atoms with van der Waals surface area (Å²) in [6.07, 6.45) is 3.64. The summed E-state index contributed by atoms with van der Waals surface area (Å²) < 4.78 is 12.9. The monoisotopic (exact) mass is 363 g/mol. The largest absolute Gasteiger partial charge is 0.480 e. The lowest BCUT2D eigenvalue weighted by atomic mass is 10.1. The predicted octanol–water partition coefficient (Wildman–Crippen LogP) is 2.36. The minimum atomic E-state index is -0.888. The number of carbonyl (C=O) groups is 2. The maximum atomic E-state index is 12.9. The van der Waals surface area contributed by atoms with E-state index < -0.39 is 12.0 Å². The van der Waals surface area contributed by atoms with Crippen LogP contribution < -0.4 is 5.32 Å². The standard InChI is InChI=1S/C17H18FN3O3S/c18-12-5-3-11(4-6-12)8-13-9-19-17(25-13)20-15(22)10-21-7-1-2-14(21)16(23)24/h3-6,9,14H,1-2,7-8,10H2,(H,23,24)(H,19,20,22)/t14-/m0/s1. The quantitative estimate of drug-likeness (QED) is 0.823. The number of benzene rings is 1. The zero-order chi connectivity index (χ0) is 17.8. The third-order valence-electron chi connectivity index (χ3n) is 4.09. The lowest BCUT2D eigenvalue weighted by molar-refractivity contribution is -0.142. The number of aliphatic carboxylic acids is 1. The maximum absolute atomic E-state index is 12.9. The van der Waals surface area contributed by atoms with Crippen LogP contribution in [0.5, 0.6) is 0 Å². The van der Waals surface area contributed by atoms with E-state index in [1.807, 2.05) is 0 Å². The van der Waals surface area contributed by atoms with Gasteiger partial charge in [0.25, 0.3) is 0 Å². The lowest BCUT2D eigenvalue weighted by Crippen LogP contribution is -2.40. The van der Waals surface area contributed by atoms with Crippen LogP contribution in [0.1, 0.15) is 23.3 Å². The molecule has 2 aromatic rings. The average Bonchev–Trinajstić information content (AvgIpc) is 3.19. The van der Waals surface area contributed by atoms with Crippen molar-refractivity contribution in [3.63, 3.8) is 0 Å². The van der Waals surface area contributed by atoms with E-state index in [1.165, 1.54) is 23.5 Å². The van der Waals surface area contributed by atoms with Crippen molar-refractivity contribution in [2.24, 2.45) is 0 Å². The van der Waals surface area contributed by atoms with Crippen molar-refractivity contribution >= 4 is 28.3 Å². The molecule has 1 atom stereocenters. The summed E-state index contributed by atoms with van der Waals surface area (Å²) in [4.78, 5) is 30.1. The fourth-order valence-corrected chi connectivity index (χ4v) is 3.75. The molecular formula is C17H18FN3O3S. The van der Waals surface area contributed by atoms with Crippen LogP contribution in [0.4, 0.5) is 9.52 Å². The Hall–Kier alpha value is -2.32. The van der Waals surface area contributed by atoms with Gasteiger partial charge in [-0.05, 0) is 37.1 Å². The topological polar surface area (TPSA) is 82.5 Å². The molecule has 1 aromatic carbocycles. The number of hydrogen-bond donors (Lipinski definition) is 2. The normalized spacial score (nSPS) is 17.6. The van der Waals surface area contributed by atoms with Crippen molar-refractivity contribution in [3.8, 4) is 0 Å². The van der Waals surface area contributed by atoms with E-state index in [-0.39, 0.29) is 18.3 Å². The minimum Gasteiger partial charge on any atom is -0.480 e. The van der Waals surface area contributed by atoms with E-state index >= 15 is 0 Å². The molecular weight excluding hydrogens is 345 g/mol. The Balaban J connectivity index is 1.55. The molecule has 0 saturated carbocycles. The molecule has 1 aliphatic rings. The molecule has 0 unspecified atom stereocenters. The number of thiazole rings is 1. The van der Waals surface area contributed by atoms with Gasteiger partial charge in [-0.15, -0.1) is 11.3 Å². The van der Waals surface area contributed by atoms with Gasteiger partial charge in [-0.25, -0.2) is 9.37 Å². The number of carboxylic acid groups (broad SMARTS) is 1. The SMILES string of the molecule is O=C(CN1CCC[C@H]1C(=O)O)Nc1ncc(Cc2ccc(F)cc2)s1. The van der Waals surface area contributed by atoms with Gasteiger partial charge in [0.05, 0.1) is 6.54 Å². The number of amides is 1. The van der Waals surface area contributed by atoms with Gasteiger partial charge >= 0.3 is 5.97 Å². The van der Waals surface area contributed by atoms with Crippen LogP contribution in [0.25, 0.3) is 0 Å². The second-order valence-electron chi connectivity index (χ2n) is 5.95. The first kappa shape index (κ1) is 17.5. The third kappa shape index (κ3) is 4.61. The van der Waals surface area contributed by atoms with Crippen LogP contribution in [0.3, 0.4) is 0 Å². The van der Waals surface area contributed by atoms with Crippen LogP contribution in [-0.4, -0.2) is 46.0 Å². The number of likely N-dealkylation sites (tertiary alicyclic amines) is 1. The summed E-state index contributed by atoms with van der Waals surface area (Å²) in [5.74, 6) is -1.43. The first-order chi connectivity index (χ1) is 12.0. The Bertz CT molecular complexity index is 763. The molecule has 3 rings (SSSR count). The van der Waals surface area contributed by atoms with Crippen molar-refractivity contribution in [3.05, 3.63) is 46.7 Å². The summed E-state index contributed by atoms with van der Waals surface area (Å²) in [6.45, 7) is 0.655. The molecule has 0 spiro atoms. The van der Waals surface area contributed by atoms with Crippen molar-refractivity contribution in [1.29, 1.82) is 0 Å². The first-order valence-electron chi connectivity index (χ1n) is 7.97. The highest BCUT2D eigenvalue weighted by Crippen LogP contribution is 2.22. The number of halogens is 1. The number of carboxylic acids is 1. The van der Waals surface area contributed by atoms with E-state index in [0.717, 1.165) is 16.9 Å². The van der Waals surface area contributed by atoms with E-state index in [4.69, 9.17) is 5.11 Å². The van der Waals surface area contributed by atoms with Gasteiger partial charge < -0.3 is 10.4 Å². The van der Waals surface area contributed by atoms with Crippen molar-refractivity contribution in [2.45, 2.75) is 25.3 Å². The number of rotatable bonds is 6.